The number of nitriles is 1. The highest BCUT2D eigenvalue weighted by atomic mass is 15.3. The molecule has 0 unspecified atom stereocenters. The first kappa shape index (κ1) is 12.4. The Balaban J connectivity index is 2.26. The molecule has 0 radical (unpaired) electrons. The van der Waals surface area contributed by atoms with Gasteiger partial charge in [-0.1, -0.05) is 19.1 Å². The van der Waals surface area contributed by atoms with E-state index in [0.717, 1.165) is 18.7 Å². The first-order chi connectivity index (χ1) is 8.65. The summed E-state index contributed by atoms with van der Waals surface area (Å²) in [6.07, 6.45) is 1.02. The Bertz CT molecular complexity index is 585. The molecule has 0 amide bonds. The minimum Gasteiger partial charge on any atom is -0.265 e. The molecule has 0 saturated carbocycles. The van der Waals surface area contributed by atoms with E-state index in [1.165, 1.54) is 16.8 Å². The van der Waals surface area contributed by atoms with Gasteiger partial charge in [0.15, 0.2) is 0 Å². The number of hydrogen-bond donors (Lipinski definition) is 0. The van der Waals surface area contributed by atoms with Gasteiger partial charge < -0.3 is 0 Å². The summed E-state index contributed by atoms with van der Waals surface area (Å²) in [5.74, 6) is 0. The van der Waals surface area contributed by atoms with Gasteiger partial charge in [-0.15, -0.1) is 0 Å². The van der Waals surface area contributed by atoms with Gasteiger partial charge in [-0.05, 0) is 43.5 Å². The van der Waals surface area contributed by atoms with E-state index >= 15 is 0 Å². The Hall–Kier alpha value is -2.08. The topological polar surface area (TPSA) is 41.6 Å². The van der Waals surface area contributed by atoms with Gasteiger partial charge in [0.1, 0.15) is 0 Å². The standard InChI is InChI=1S/C15H17N3/c1-4-15-11(2)17-18(12(15)3)10-14-7-5-13(9-16)6-8-14/h5-8H,4,10H2,1-3H3. The van der Waals surface area contributed by atoms with Crippen molar-refractivity contribution in [3.8, 4) is 6.07 Å². The molecule has 0 spiro atoms. The number of rotatable bonds is 3. The third-order valence-corrected chi connectivity index (χ3v) is 3.30. The van der Waals surface area contributed by atoms with E-state index in [-0.39, 0.29) is 0 Å². The highest BCUT2D eigenvalue weighted by Gasteiger charge is 2.09. The molecule has 0 bridgehead atoms. The molecule has 0 aliphatic carbocycles. The second kappa shape index (κ2) is 5.05. The highest BCUT2D eigenvalue weighted by molar-refractivity contribution is 5.32. The van der Waals surface area contributed by atoms with Gasteiger partial charge >= 0.3 is 0 Å². The fourth-order valence-corrected chi connectivity index (χ4v) is 2.26. The smallest absolute Gasteiger partial charge is 0.0991 e. The van der Waals surface area contributed by atoms with Gasteiger partial charge in [-0.3, -0.25) is 4.68 Å². The van der Waals surface area contributed by atoms with E-state index in [4.69, 9.17) is 5.26 Å². The van der Waals surface area contributed by atoms with Crippen molar-refractivity contribution in [1.29, 1.82) is 5.26 Å². The van der Waals surface area contributed by atoms with Crippen molar-refractivity contribution >= 4 is 0 Å². The van der Waals surface area contributed by atoms with Crippen molar-refractivity contribution in [2.75, 3.05) is 0 Å². The zero-order chi connectivity index (χ0) is 13.1. The van der Waals surface area contributed by atoms with Crippen LogP contribution in [-0.4, -0.2) is 9.78 Å². The van der Waals surface area contributed by atoms with Crippen LogP contribution < -0.4 is 0 Å². The molecule has 0 atom stereocenters. The van der Waals surface area contributed by atoms with Crippen LogP contribution in [0.15, 0.2) is 24.3 Å². The van der Waals surface area contributed by atoms with Crippen LogP contribution in [0.25, 0.3) is 0 Å². The predicted molar refractivity (Wildman–Crippen MR) is 71.3 cm³/mol. The Labute approximate surface area is 108 Å². The fraction of sp³-hybridized carbons (Fsp3) is 0.333. The van der Waals surface area contributed by atoms with Gasteiger partial charge in [0, 0.05) is 5.69 Å². The summed E-state index contributed by atoms with van der Waals surface area (Å²) in [5, 5.41) is 13.3. The Kier molecular flexibility index (Phi) is 3.47. The maximum atomic E-state index is 8.77. The van der Waals surface area contributed by atoms with E-state index in [1.54, 1.807) is 0 Å². The van der Waals surface area contributed by atoms with Crippen LogP contribution in [0.1, 0.15) is 35.0 Å². The summed E-state index contributed by atoms with van der Waals surface area (Å²) in [5.41, 5.74) is 5.55. The minimum atomic E-state index is 0.696. The second-order valence-electron chi connectivity index (χ2n) is 4.47. The minimum absolute atomic E-state index is 0.696. The maximum Gasteiger partial charge on any atom is 0.0991 e. The molecule has 18 heavy (non-hydrogen) atoms. The molecular weight excluding hydrogens is 222 g/mol. The molecule has 1 aromatic heterocycles. The summed E-state index contributed by atoms with van der Waals surface area (Å²) in [6, 6.07) is 9.80. The van der Waals surface area contributed by atoms with Crippen molar-refractivity contribution in [3.05, 3.63) is 52.3 Å². The number of hydrogen-bond acceptors (Lipinski definition) is 2. The fourth-order valence-electron chi connectivity index (χ4n) is 2.26. The van der Waals surface area contributed by atoms with E-state index in [0.29, 0.717) is 5.56 Å². The molecule has 0 saturated heterocycles. The molecule has 92 valence electrons. The lowest BCUT2D eigenvalue weighted by molar-refractivity contribution is 0.658. The third-order valence-electron chi connectivity index (χ3n) is 3.30. The lowest BCUT2D eigenvalue weighted by Gasteiger charge is -2.05. The number of benzene rings is 1. The van der Waals surface area contributed by atoms with Crippen molar-refractivity contribution in [2.24, 2.45) is 0 Å². The van der Waals surface area contributed by atoms with Gasteiger partial charge in [0.25, 0.3) is 0 Å². The summed E-state index contributed by atoms with van der Waals surface area (Å²) in [4.78, 5) is 0. The monoisotopic (exact) mass is 239 g/mol. The van der Waals surface area contributed by atoms with Gasteiger partial charge in [0.05, 0.1) is 23.9 Å². The molecule has 2 rings (SSSR count). The zero-order valence-corrected chi connectivity index (χ0v) is 11.1. The highest BCUT2D eigenvalue weighted by Crippen LogP contribution is 2.15. The Morgan fingerprint density at radius 2 is 1.89 bits per heavy atom. The van der Waals surface area contributed by atoms with Crippen LogP contribution in [0.5, 0.6) is 0 Å². The summed E-state index contributed by atoms with van der Waals surface area (Å²) in [7, 11) is 0. The average molecular weight is 239 g/mol. The van der Waals surface area contributed by atoms with Crippen molar-refractivity contribution in [1.82, 2.24) is 9.78 Å². The van der Waals surface area contributed by atoms with Gasteiger partial charge in [-0.25, -0.2) is 0 Å². The first-order valence-electron chi connectivity index (χ1n) is 6.17. The van der Waals surface area contributed by atoms with Crippen LogP contribution in [0.3, 0.4) is 0 Å². The second-order valence-corrected chi connectivity index (χ2v) is 4.47. The molecule has 0 fully saturated rings. The third kappa shape index (κ3) is 2.28. The van der Waals surface area contributed by atoms with Crippen molar-refractivity contribution in [2.45, 2.75) is 33.7 Å². The van der Waals surface area contributed by atoms with Gasteiger partial charge in [0.2, 0.25) is 0 Å². The predicted octanol–water partition coefficient (Wildman–Crippen LogP) is 2.98. The van der Waals surface area contributed by atoms with E-state index in [2.05, 4.69) is 31.9 Å². The quantitative estimate of drug-likeness (QED) is 0.826. The van der Waals surface area contributed by atoms with Crippen LogP contribution in [-0.2, 0) is 13.0 Å². The Morgan fingerprint density at radius 3 is 2.39 bits per heavy atom. The molecule has 1 aromatic carbocycles. The van der Waals surface area contributed by atoms with Crippen molar-refractivity contribution in [3.63, 3.8) is 0 Å². The lowest BCUT2D eigenvalue weighted by Crippen LogP contribution is -2.04. The number of aromatic nitrogens is 2. The van der Waals surface area contributed by atoms with Crippen molar-refractivity contribution < 1.29 is 0 Å². The number of aryl methyl sites for hydroxylation is 1. The summed E-state index contributed by atoms with van der Waals surface area (Å²) in [6.45, 7) is 7.09. The molecule has 1 heterocycles. The van der Waals surface area contributed by atoms with Crippen LogP contribution in [0, 0.1) is 25.2 Å². The largest absolute Gasteiger partial charge is 0.265 e. The van der Waals surface area contributed by atoms with E-state index in [9.17, 15) is 0 Å². The molecule has 2 aromatic rings. The summed E-state index contributed by atoms with van der Waals surface area (Å²) >= 11 is 0. The summed E-state index contributed by atoms with van der Waals surface area (Å²) < 4.78 is 2.04. The maximum absolute atomic E-state index is 8.77. The molecule has 0 N–H and O–H groups in total. The SMILES string of the molecule is CCc1c(C)nn(Cc2ccc(C#N)cc2)c1C. The Morgan fingerprint density at radius 1 is 1.22 bits per heavy atom. The van der Waals surface area contributed by atoms with E-state index in [1.807, 2.05) is 28.9 Å². The zero-order valence-electron chi connectivity index (χ0n) is 11.1. The molecule has 0 aliphatic rings. The normalized spacial score (nSPS) is 10.3. The average Bonchev–Trinajstić information content (AvgIpc) is 2.65. The van der Waals surface area contributed by atoms with Gasteiger partial charge in [-0.2, -0.15) is 10.4 Å². The van der Waals surface area contributed by atoms with Crippen LogP contribution >= 0.6 is 0 Å². The van der Waals surface area contributed by atoms with E-state index < -0.39 is 0 Å². The molecule has 3 nitrogen and oxygen atoms in total. The van der Waals surface area contributed by atoms with Crippen LogP contribution in [0.4, 0.5) is 0 Å². The molecule has 3 heteroatoms. The van der Waals surface area contributed by atoms with Crippen LogP contribution in [0.2, 0.25) is 0 Å². The molecule has 0 aliphatic heterocycles. The first-order valence-corrected chi connectivity index (χ1v) is 6.17. The molecular formula is C15H17N3. The lowest BCUT2D eigenvalue weighted by atomic mass is 10.1. The number of nitrogens with zero attached hydrogens (tertiary/aromatic N) is 3.